The summed E-state index contributed by atoms with van der Waals surface area (Å²) in [6, 6.07) is 6.11. The van der Waals surface area contributed by atoms with Crippen molar-refractivity contribution in [2.24, 2.45) is 10.9 Å². The van der Waals surface area contributed by atoms with E-state index in [1.807, 2.05) is 13.8 Å². The molecule has 1 heterocycles. The van der Waals surface area contributed by atoms with Crippen LogP contribution in [0.1, 0.15) is 37.0 Å². The van der Waals surface area contributed by atoms with Gasteiger partial charge in [-0.05, 0) is 51.0 Å². The number of nitrogens with one attached hydrogen (secondary N) is 2. The van der Waals surface area contributed by atoms with Crippen molar-refractivity contribution in [2.45, 2.75) is 26.7 Å². The number of aliphatic imine (C=N–C) groups is 1. The van der Waals surface area contributed by atoms with Gasteiger partial charge in [0.05, 0.1) is 19.1 Å². The fraction of sp³-hybridized carbons (Fsp3) is 0.550. The molecule has 0 radical (unpaired) electrons. The third-order valence-electron chi connectivity index (χ3n) is 4.54. The van der Waals surface area contributed by atoms with Gasteiger partial charge in [0.15, 0.2) is 5.96 Å². The number of phenolic OH excluding ortho intramolecular Hbond substituents is 1. The van der Waals surface area contributed by atoms with Gasteiger partial charge in [0.1, 0.15) is 5.75 Å². The predicted molar refractivity (Wildman–Crippen MR) is 123 cm³/mol. The molecule has 1 aromatic carbocycles. The summed E-state index contributed by atoms with van der Waals surface area (Å²) >= 11 is 0. The van der Waals surface area contributed by atoms with Gasteiger partial charge in [-0.3, -0.25) is 14.6 Å². The molecule has 1 fully saturated rings. The van der Waals surface area contributed by atoms with Crippen molar-refractivity contribution < 1.29 is 19.4 Å². The molecule has 0 unspecified atom stereocenters. The molecule has 9 heteroatoms. The Morgan fingerprint density at radius 2 is 1.83 bits per heavy atom. The summed E-state index contributed by atoms with van der Waals surface area (Å²) in [5, 5.41) is 15.4. The monoisotopic (exact) mass is 518 g/mol. The Balaban J connectivity index is 0.00000420. The maximum Gasteiger partial charge on any atom is 0.309 e. The Morgan fingerprint density at radius 1 is 1.17 bits per heavy atom. The normalized spacial score (nSPS) is 14.7. The van der Waals surface area contributed by atoms with Crippen molar-refractivity contribution in [2.75, 3.05) is 39.3 Å². The number of likely N-dealkylation sites (tertiary alicyclic amines) is 1. The van der Waals surface area contributed by atoms with Crippen LogP contribution in [0.5, 0.6) is 5.75 Å². The summed E-state index contributed by atoms with van der Waals surface area (Å²) in [4.78, 5) is 30.7. The third kappa shape index (κ3) is 8.08. The highest BCUT2D eigenvalue weighted by molar-refractivity contribution is 14.0. The minimum Gasteiger partial charge on any atom is -0.508 e. The molecule has 1 amide bonds. The summed E-state index contributed by atoms with van der Waals surface area (Å²) in [6.07, 6.45) is 1.50. The van der Waals surface area contributed by atoms with E-state index in [1.54, 1.807) is 12.1 Å². The van der Waals surface area contributed by atoms with Crippen LogP contribution in [-0.4, -0.2) is 67.2 Å². The molecule has 0 aromatic heterocycles. The standard InChI is InChI=1S/C20H30N4O4.HI/c1-3-21-20(24-13-9-16(10-14-24)19(27)28-4-2)23-12-11-22-18(26)15-5-7-17(25)8-6-15;/h5-8,16,25H,3-4,9-14H2,1-2H3,(H,21,23)(H,22,26);1H. The largest absolute Gasteiger partial charge is 0.508 e. The average molecular weight is 518 g/mol. The number of phenols is 1. The zero-order valence-electron chi connectivity index (χ0n) is 17.0. The number of aromatic hydroxyl groups is 1. The van der Waals surface area contributed by atoms with Gasteiger partial charge in [-0.1, -0.05) is 0 Å². The molecule has 3 N–H and O–H groups in total. The van der Waals surface area contributed by atoms with Crippen LogP contribution in [0, 0.1) is 5.92 Å². The SMILES string of the molecule is CCNC(=NCCNC(=O)c1ccc(O)cc1)N1CCC(C(=O)OCC)CC1.I. The second-order valence-corrected chi connectivity index (χ2v) is 6.55. The van der Waals surface area contributed by atoms with Crippen molar-refractivity contribution in [1.29, 1.82) is 0 Å². The molecule has 0 aliphatic carbocycles. The van der Waals surface area contributed by atoms with Crippen LogP contribution >= 0.6 is 24.0 Å². The van der Waals surface area contributed by atoms with Gasteiger partial charge < -0.3 is 25.4 Å². The Labute approximate surface area is 189 Å². The van der Waals surface area contributed by atoms with E-state index in [-0.39, 0.29) is 47.5 Å². The molecule has 0 bridgehead atoms. The van der Waals surface area contributed by atoms with Gasteiger partial charge in [0, 0.05) is 31.7 Å². The maximum atomic E-state index is 12.1. The summed E-state index contributed by atoms with van der Waals surface area (Å²) in [5.74, 6) is 0.576. The lowest BCUT2D eigenvalue weighted by Gasteiger charge is -2.33. The number of esters is 1. The number of nitrogens with zero attached hydrogens (tertiary/aromatic N) is 2. The highest BCUT2D eigenvalue weighted by atomic mass is 127. The number of amides is 1. The van der Waals surface area contributed by atoms with Crippen LogP contribution in [0.15, 0.2) is 29.3 Å². The molecule has 0 saturated carbocycles. The zero-order valence-corrected chi connectivity index (χ0v) is 19.3. The lowest BCUT2D eigenvalue weighted by atomic mass is 9.97. The molecule has 8 nitrogen and oxygen atoms in total. The minimum atomic E-state index is -0.199. The van der Waals surface area contributed by atoms with E-state index in [4.69, 9.17) is 4.74 Å². The summed E-state index contributed by atoms with van der Waals surface area (Å²) in [5.41, 5.74) is 0.495. The van der Waals surface area contributed by atoms with E-state index in [9.17, 15) is 14.7 Å². The van der Waals surface area contributed by atoms with Crippen LogP contribution < -0.4 is 10.6 Å². The van der Waals surface area contributed by atoms with Gasteiger partial charge in [-0.15, -0.1) is 24.0 Å². The van der Waals surface area contributed by atoms with Gasteiger partial charge >= 0.3 is 5.97 Å². The Bertz CT molecular complexity index is 674. The molecule has 1 aromatic rings. The number of halogens is 1. The number of carbonyl (C=O) groups excluding carboxylic acids is 2. The van der Waals surface area contributed by atoms with E-state index in [1.165, 1.54) is 12.1 Å². The van der Waals surface area contributed by atoms with Crippen LogP contribution in [0.2, 0.25) is 0 Å². The fourth-order valence-corrected chi connectivity index (χ4v) is 3.06. The fourth-order valence-electron chi connectivity index (χ4n) is 3.06. The summed E-state index contributed by atoms with van der Waals surface area (Å²) in [7, 11) is 0. The van der Waals surface area contributed by atoms with Crippen molar-refractivity contribution in [3.8, 4) is 5.75 Å². The first-order chi connectivity index (χ1) is 13.5. The summed E-state index contributed by atoms with van der Waals surface area (Å²) in [6.45, 7) is 7.34. The van der Waals surface area contributed by atoms with E-state index >= 15 is 0 Å². The molecule has 1 saturated heterocycles. The van der Waals surface area contributed by atoms with Gasteiger partial charge in [0.25, 0.3) is 5.91 Å². The Kier molecular flexibility index (Phi) is 11.4. The van der Waals surface area contributed by atoms with Crippen molar-refractivity contribution in [1.82, 2.24) is 15.5 Å². The molecule has 0 spiro atoms. The topological polar surface area (TPSA) is 103 Å². The first kappa shape index (κ1) is 25.0. The predicted octanol–water partition coefficient (Wildman–Crippen LogP) is 1.98. The highest BCUT2D eigenvalue weighted by Gasteiger charge is 2.27. The molecule has 29 heavy (non-hydrogen) atoms. The summed E-state index contributed by atoms with van der Waals surface area (Å²) < 4.78 is 5.11. The van der Waals surface area contributed by atoms with Gasteiger partial charge in [0.2, 0.25) is 0 Å². The molecule has 1 aliphatic heterocycles. The molecule has 1 aliphatic rings. The van der Waals surface area contributed by atoms with Crippen LogP contribution in [0.4, 0.5) is 0 Å². The van der Waals surface area contributed by atoms with Gasteiger partial charge in [-0.2, -0.15) is 0 Å². The number of guanidine groups is 1. The quantitative estimate of drug-likeness (QED) is 0.168. The highest BCUT2D eigenvalue weighted by Crippen LogP contribution is 2.18. The number of piperidine rings is 1. The molecule has 162 valence electrons. The van der Waals surface area contributed by atoms with E-state index < -0.39 is 0 Å². The molecule has 2 rings (SSSR count). The first-order valence-corrected chi connectivity index (χ1v) is 9.82. The second-order valence-electron chi connectivity index (χ2n) is 6.55. The van der Waals surface area contributed by atoms with Crippen LogP contribution in [-0.2, 0) is 9.53 Å². The number of ether oxygens (including phenoxy) is 1. The number of hydrogen-bond acceptors (Lipinski definition) is 5. The zero-order chi connectivity index (χ0) is 20.4. The van der Waals surface area contributed by atoms with Crippen molar-refractivity contribution in [3.05, 3.63) is 29.8 Å². The number of hydrogen-bond donors (Lipinski definition) is 3. The van der Waals surface area contributed by atoms with E-state index in [0.717, 1.165) is 38.4 Å². The van der Waals surface area contributed by atoms with Crippen molar-refractivity contribution in [3.63, 3.8) is 0 Å². The second kappa shape index (κ2) is 13.2. The molecular weight excluding hydrogens is 487 g/mol. The van der Waals surface area contributed by atoms with E-state index in [0.29, 0.717) is 25.3 Å². The van der Waals surface area contributed by atoms with Crippen LogP contribution in [0.25, 0.3) is 0 Å². The smallest absolute Gasteiger partial charge is 0.309 e. The third-order valence-corrected chi connectivity index (χ3v) is 4.54. The Morgan fingerprint density at radius 3 is 2.41 bits per heavy atom. The van der Waals surface area contributed by atoms with E-state index in [2.05, 4.69) is 20.5 Å². The molecular formula is C20H31IN4O4. The Hall–Kier alpha value is -2.04. The molecule has 0 atom stereocenters. The number of rotatable bonds is 7. The average Bonchev–Trinajstić information content (AvgIpc) is 2.71. The first-order valence-electron chi connectivity index (χ1n) is 9.82. The maximum absolute atomic E-state index is 12.1. The lowest BCUT2D eigenvalue weighted by Crippen LogP contribution is -2.47. The van der Waals surface area contributed by atoms with Crippen molar-refractivity contribution >= 4 is 41.8 Å². The number of benzene rings is 1. The van der Waals surface area contributed by atoms with Crippen LogP contribution in [0.3, 0.4) is 0 Å². The van der Waals surface area contributed by atoms with Gasteiger partial charge in [-0.25, -0.2) is 0 Å². The minimum absolute atomic E-state index is 0. The number of carbonyl (C=O) groups is 2. The lowest BCUT2D eigenvalue weighted by molar-refractivity contribution is -0.149.